The standard InChI is InChI=1S/C11H15FO3/c1-7(13)6-8-9(14-2)4-5-10(15-3)11(8)12/h4-5,7,13H,6H2,1-3H3. The maximum Gasteiger partial charge on any atom is 0.172 e. The third-order valence-electron chi connectivity index (χ3n) is 2.10. The van der Waals surface area contributed by atoms with Crippen LogP contribution in [-0.4, -0.2) is 25.4 Å². The Bertz CT molecular complexity index is 337. The Hall–Kier alpha value is -1.29. The number of hydrogen-bond acceptors (Lipinski definition) is 3. The zero-order chi connectivity index (χ0) is 11.4. The van der Waals surface area contributed by atoms with Gasteiger partial charge in [-0.3, -0.25) is 0 Å². The van der Waals surface area contributed by atoms with Gasteiger partial charge in [0.05, 0.1) is 20.3 Å². The van der Waals surface area contributed by atoms with Crippen LogP contribution in [0.25, 0.3) is 0 Å². The molecule has 3 nitrogen and oxygen atoms in total. The van der Waals surface area contributed by atoms with Crippen LogP contribution in [0, 0.1) is 5.82 Å². The molecule has 1 N–H and O–H groups in total. The third kappa shape index (κ3) is 2.59. The highest BCUT2D eigenvalue weighted by Crippen LogP contribution is 2.29. The highest BCUT2D eigenvalue weighted by atomic mass is 19.1. The summed E-state index contributed by atoms with van der Waals surface area (Å²) in [6, 6.07) is 3.12. The minimum atomic E-state index is -0.625. The molecule has 4 heteroatoms. The van der Waals surface area contributed by atoms with E-state index in [1.807, 2.05) is 0 Å². The zero-order valence-corrected chi connectivity index (χ0v) is 9.08. The van der Waals surface area contributed by atoms with Crippen molar-refractivity contribution in [1.29, 1.82) is 0 Å². The summed E-state index contributed by atoms with van der Waals surface area (Å²) in [4.78, 5) is 0. The van der Waals surface area contributed by atoms with E-state index in [9.17, 15) is 9.50 Å². The van der Waals surface area contributed by atoms with Gasteiger partial charge in [-0.2, -0.15) is 0 Å². The van der Waals surface area contributed by atoms with E-state index in [0.717, 1.165) is 0 Å². The van der Waals surface area contributed by atoms with Crippen LogP contribution in [0.2, 0.25) is 0 Å². The molecule has 0 bridgehead atoms. The number of benzene rings is 1. The summed E-state index contributed by atoms with van der Waals surface area (Å²) in [7, 11) is 2.86. The first-order chi connectivity index (χ1) is 7.10. The lowest BCUT2D eigenvalue weighted by molar-refractivity contribution is 0.192. The van der Waals surface area contributed by atoms with Crippen molar-refractivity contribution in [1.82, 2.24) is 0 Å². The Balaban J connectivity index is 3.16. The Morgan fingerprint density at radius 2 is 1.80 bits per heavy atom. The summed E-state index contributed by atoms with van der Waals surface area (Å²) >= 11 is 0. The van der Waals surface area contributed by atoms with Gasteiger partial charge in [-0.15, -0.1) is 0 Å². The number of aliphatic hydroxyl groups is 1. The monoisotopic (exact) mass is 214 g/mol. The lowest BCUT2D eigenvalue weighted by Gasteiger charge is -2.13. The first-order valence-corrected chi connectivity index (χ1v) is 4.67. The van der Waals surface area contributed by atoms with Gasteiger partial charge in [0.25, 0.3) is 0 Å². The van der Waals surface area contributed by atoms with Gasteiger partial charge < -0.3 is 14.6 Å². The third-order valence-corrected chi connectivity index (χ3v) is 2.10. The summed E-state index contributed by atoms with van der Waals surface area (Å²) in [5.74, 6) is 0.110. The largest absolute Gasteiger partial charge is 0.496 e. The molecule has 0 fully saturated rings. The van der Waals surface area contributed by atoms with E-state index in [1.165, 1.54) is 20.3 Å². The molecule has 0 heterocycles. The highest BCUT2D eigenvalue weighted by Gasteiger charge is 2.16. The maximum atomic E-state index is 13.8. The molecule has 0 aliphatic carbocycles. The van der Waals surface area contributed by atoms with Gasteiger partial charge in [0, 0.05) is 12.0 Å². The van der Waals surface area contributed by atoms with Gasteiger partial charge >= 0.3 is 0 Å². The molecule has 1 aromatic rings. The highest BCUT2D eigenvalue weighted by molar-refractivity contribution is 5.42. The predicted octanol–water partition coefficient (Wildman–Crippen LogP) is 1.77. The predicted molar refractivity (Wildman–Crippen MR) is 54.9 cm³/mol. The zero-order valence-electron chi connectivity index (χ0n) is 9.08. The Kier molecular flexibility index (Phi) is 3.91. The summed E-state index contributed by atoms with van der Waals surface area (Å²) in [5, 5.41) is 9.25. The molecule has 1 aromatic carbocycles. The van der Waals surface area contributed by atoms with E-state index in [2.05, 4.69) is 0 Å². The minimum absolute atomic E-state index is 0.159. The summed E-state index contributed by atoms with van der Waals surface area (Å²) in [5.41, 5.74) is 0.340. The van der Waals surface area contributed by atoms with E-state index in [4.69, 9.17) is 9.47 Å². The number of rotatable bonds is 4. The molecule has 15 heavy (non-hydrogen) atoms. The summed E-state index contributed by atoms with van der Waals surface area (Å²) in [6.45, 7) is 1.60. The molecule has 1 rings (SSSR count). The lowest BCUT2D eigenvalue weighted by atomic mass is 10.1. The SMILES string of the molecule is COc1ccc(OC)c(CC(C)O)c1F. The molecule has 84 valence electrons. The number of aliphatic hydroxyl groups excluding tert-OH is 1. The van der Waals surface area contributed by atoms with Gasteiger partial charge in [-0.05, 0) is 19.1 Å². The average Bonchev–Trinajstić information content (AvgIpc) is 2.20. The quantitative estimate of drug-likeness (QED) is 0.830. The van der Waals surface area contributed by atoms with Crippen molar-refractivity contribution >= 4 is 0 Å². The fourth-order valence-corrected chi connectivity index (χ4v) is 1.42. The van der Waals surface area contributed by atoms with Crippen LogP contribution in [-0.2, 0) is 6.42 Å². The van der Waals surface area contributed by atoms with Crippen molar-refractivity contribution in [3.8, 4) is 11.5 Å². The van der Waals surface area contributed by atoms with E-state index in [-0.39, 0.29) is 12.2 Å². The lowest BCUT2D eigenvalue weighted by Crippen LogP contribution is -2.08. The molecule has 0 amide bonds. The Labute approximate surface area is 88.4 Å². The maximum absolute atomic E-state index is 13.8. The van der Waals surface area contributed by atoms with Crippen LogP contribution >= 0.6 is 0 Å². The fourth-order valence-electron chi connectivity index (χ4n) is 1.42. The summed E-state index contributed by atoms with van der Waals surface area (Å²) < 4.78 is 23.6. The van der Waals surface area contributed by atoms with Crippen LogP contribution in [0.4, 0.5) is 4.39 Å². The molecular weight excluding hydrogens is 199 g/mol. The van der Waals surface area contributed by atoms with Crippen LogP contribution < -0.4 is 9.47 Å². The molecule has 0 radical (unpaired) electrons. The second-order valence-electron chi connectivity index (χ2n) is 3.32. The van der Waals surface area contributed by atoms with Crippen molar-refractivity contribution in [3.05, 3.63) is 23.5 Å². The van der Waals surface area contributed by atoms with Crippen molar-refractivity contribution in [2.75, 3.05) is 14.2 Å². The minimum Gasteiger partial charge on any atom is -0.496 e. The van der Waals surface area contributed by atoms with E-state index in [1.54, 1.807) is 13.0 Å². The number of methoxy groups -OCH3 is 2. The van der Waals surface area contributed by atoms with E-state index in [0.29, 0.717) is 11.3 Å². The summed E-state index contributed by atoms with van der Waals surface area (Å²) in [6.07, 6.45) is -0.424. The number of halogens is 1. The van der Waals surface area contributed by atoms with Crippen molar-refractivity contribution in [3.63, 3.8) is 0 Å². The van der Waals surface area contributed by atoms with Gasteiger partial charge in [0.1, 0.15) is 5.75 Å². The van der Waals surface area contributed by atoms with Gasteiger partial charge in [-0.1, -0.05) is 0 Å². The van der Waals surface area contributed by atoms with Gasteiger partial charge in [0.2, 0.25) is 0 Å². The van der Waals surface area contributed by atoms with Crippen LogP contribution in [0.1, 0.15) is 12.5 Å². The molecule has 1 unspecified atom stereocenters. The molecule has 0 aromatic heterocycles. The first kappa shape index (κ1) is 11.8. The van der Waals surface area contributed by atoms with Crippen molar-refractivity contribution in [2.24, 2.45) is 0 Å². The smallest absolute Gasteiger partial charge is 0.172 e. The van der Waals surface area contributed by atoms with Crippen LogP contribution in [0.3, 0.4) is 0 Å². The van der Waals surface area contributed by atoms with Crippen LogP contribution in [0.15, 0.2) is 12.1 Å². The number of hydrogen-bond donors (Lipinski definition) is 1. The molecule has 0 saturated heterocycles. The molecule has 0 aliphatic rings. The second kappa shape index (κ2) is 4.98. The first-order valence-electron chi connectivity index (χ1n) is 4.67. The number of ether oxygens (including phenoxy) is 2. The molecular formula is C11H15FO3. The topological polar surface area (TPSA) is 38.7 Å². The van der Waals surface area contributed by atoms with E-state index >= 15 is 0 Å². The van der Waals surface area contributed by atoms with Gasteiger partial charge in [-0.25, -0.2) is 4.39 Å². The Morgan fingerprint density at radius 1 is 1.27 bits per heavy atom. The molecule has 0 saturated carbocycles. The Morgan fingerprint density at radius 3 is 2.27 bits per heavy atom. The fraction of sp³-hybridized carbons (Fsp3) is 0.455. The molecule has 0 aliphatic heterocycles. The van der Waals surface area contributed by atoms with Gasteiger partial charge in [0.15, 0.2) is 11.6 Å². The molecule has 0 spiro atoms. The normalized spacial score (nSPS) is 12.3. The van der Waals surface area contributed by atoms with Crippen LogP contribution in [0.5, 0.6) is 11.5 Å². The van der Waals surface area contributed by atoms with Crippen molar-refractivity contribution in [2.45, 2.75) is 19.4 Å². The average molecular weight is 214 g/mol. The second-order valence-corrected chi connectivity index (χ2v) is 3.32. The van der Waals surface area contributed by atoms with Crippen molar-refractivity contribution < 1.29 is 19.0 Å². The molecule has 1 atom stereocenters. The van der Waals surface area contributed by atoms with E-state index < -0.39 is 11.9 Å².